The second-order valence-corrected chi connectivity index (χ2v) is 11.6. The van der Waals surface area contributed by atoms with Crippen LogP contribution in [0.3, 0.4) is 0 Å². The quantitative estimate of drug-likeness (QED) is 0.381. The van der Waals surface area contributed by atoms with Gasteiger partial charge in [-0.2, -0.15) is 0 Å². The number of aryl methyl sites for hydroxylation is 1. The maximum atomic E-state index is 14.4. The molecule has 11 heteroatoms. The predicted octanol–water partition coefficient (Wildman–Crippen LogP) is 5.55. The van der Waals surface area contributed by atoms with Crippen molar-refractivity contribution in [2.45, 2.75) is 59.1 Å². The number of nitrogens with zero attached hydrogens (tertiary/aromatic N) is 3. The molecule has 4 rings (SSSR count). The zero-order valence-electron chi connectivity index (χ0n) is 21.5. The van der Waals surface area contributed by atoms with Crippen molar-refractivity contribution in [1.82, 2.24) is 14.9 Å². The number of benzene rings is 1. The minimum absolute atomic E-state index is 0.0344. The Balaban J connectivity index is 1.66. The van der Waals surface area contributed by atoms with E-state index in [0.29, 0.717) is 57.2 Å². The number of amides is 2. The third kappa shape index (κ3) is 5.46. The van der Waals surface area contributed by atoms with Crippen LogP contribution in [-0.4, -0.2) is 51.2 Å². The largest absolute Gasteiger partial charge is 0.488 e. The molecule has 2 amide bonds. The molecule has 37 heavy (non-hydrogen) atoms. The number of carbonyl (C=O) groups is 2. The number of fused-ring (bicyclic) bond motifs is 1. The summed E-state index contributed by atoms with van der Waals surface area (Å²) >= 11 is 1.20. The molecule has 0 radical (unpaired) electrons. The number of rotatable bonds is 6. The molecule has 2 aromatic heterocycles. The van der Waals surface area contributed by atoms with Crippen molar-refractivity contribution in [3.05, 3.63) is 40.8 Å². The smallest absolute Gasteiger partial charge is 0.407 e. The highest BCUT2D eigenvalue weighted by atomic mass is 32.1. The van der Waals surface area contributed by atoms with Crippen molar-refractivity contribution in [3.63, 3.8) is 0 Å². The Kier molecular flexibility index (Phi) is 7.27. The zero-order valence-corrected chi connectivity index (χ0v) is 22.4. The lowest BCUT2D eigenvalue weighted by atomic mass is 9.69. The second-order valence-electron chi connectivity index (χ2n) is 10.6. The van der Waals surface area contributed by atoms with Gasteiger partial charge in [-0.25, -0.2) is 19.2 Å². The van der Waals surface area contributed by atoms with Crippen molar-refractivity contribution in [1.29, 1.82) is 0 Å². The Labute approximate surface area is 218 Å². The molecule has 3 unspecified atom stereocenters. The van der Waals surface area contributed by atoms with Gasteiger partial charge in [0.15, 0.2) is 0 Å². The molecule has 1 saturated carbocycles. The Bertz CT molecular complexity index is 1340. The van der Waals surface area contributed by atoms with Crippen LogP contribution in [0, 0.1) is 24.1 Å². The Morgan fingerprint density at radius 2 is 2.00 bits per heavy atom. The molecule has 1 aromatic carbocycles. The zero-order chi connectivity index (χ0) is 27.1. The van der Waals surface area contributed by atoms with Gasteiger partial charge in [-0.1, -0.05) is 20.8 Å². The van der Waals surface area contributed by atoms with E-state index >= 15 is 0 Å². The van der Waals surface area contributed by atoms with Gasteiger partial charge in [-0.15, -0.1) is 11.3 Å². The molecule has 1 fully saturated rings. The van der Waals surface area contributed by atoms with E-state index < -0.39 is 17.8 Å². The number of anilines is 2. The number of hydrogen-bond donors (Lipinski definition) is 3. The van der Waals surface area contributed by atoms with Crippen LogP contribution < -0.4 is 15.8 Å². The number of ether oxygens (including phenoxy) is 1. The van der Waals surface area contributed by atoms with Crippen LogP contribution in [0.15, 0.2) is 24.5 Å². The molecule has 1 aliphatic rings. The minimum Gasteiger partial charge on any atom is -0.488 e. The molecule has 0 aliphatic heterocycles. The Morgan fingerprint density at radius 3 is 2.65 bits per heavy atom. The summed E-state index contributed by atoms with van der Waals surface area (Å²) in [5.41, 5.74) is 6.55. The molecule has 9 nitrogen and oxygen atoms in total. The van der Waals surface area contributed by atoms with Crippen molar-refractivity contribution in [2.24, 2.45) is 17.1 Å². The minimum atomic E-state index is -0.951. The molecule has 198 valence electrons. The van der Waals surface area contributed by atoms with Crippen molar-refractivity contribution < 1.29 is 23.8 Å². The first-order valence-corrected chi connectivity index (χ1v) is 12.9. The number of primary amides is 1. The normalized spacial score (nSPS) is 20.0. The van der Waals surface area contributed by atoms with Crippen LogP contribution >= 0.6 is 11.3 Å². The highest BCUT2D eigenvalue weighted by Crippen LogP contribution is 2.43. The number of hydrogen-bond acceptors (Lipinski definition) is 7. The van der Waals surface area contributed by atoms with Gasteiger partial charge >= 0.3 is 6.09 Å². The van der Waals surface area contributed by atoms with E-state index in [1.807, 2.05) is 0 Å². The molecule has 0 spiro atoms. The molecule has 2 heterocycles. The van der Waals surface area contributed by atoms with Crippen molar-refractivity contribution in [3.8, 4) is 5.75 Å². The van der Waals surface area contributed by atoms with E-state index in [9.17, 15) is 19.1 Å². The van der Waals surface area contributed by atoms with Gasteiger partial charge in [-0.3, -0.25) is 4.79 Å². The SMILES string of the molecule is Cc1c(C(N)=O)sc2ncnc(Nc3ccc(F)cc3OC3CCC(N(C)C(=O)O)CC3C(C)(C)C)c12. The van der Waals surface area contributed by atoms with E-state index in [-0.39, 0.29) is 23.5 Å². The fourth-order valence-electron chi connectivity index (χ4n) is 5.07. The number of nitrogens with one attached hydrogen (secondary N) is 1. The maximum Gasteiger partial charge on any atom is 0.407 e. The predicted molar refractivity (Wildman–Crippen MR) is 141 cm³/mol. The van der Waals surface area contributed by atoms with Gasteiger partial charge in [-0.05, 0) is 49.3 Å². The molecule has 0 saturated heterocycles. The number of nitrogens with two attached hydrogens (primary N) is 1. The van der Waals surface area contributed by atoms with Crippen LogP contribution in [-0.2, 0) is 0 Å². The standard InChI is InChI=1S/C26H32FN5O4S/c1-13-20-23(29-12-30-24(20)37-21(13)22(28)33)31-17-8-6-14(27)10-19(17)36-18-9-7-15(32(5)25(34)35)11-16(18)26(2,3)4/h6,8,10,12,15-16,18H,7,9,11H2,1-5H3,(H2,28,33)(H,34,35)(H,29,30,31). The summed E-state index contributed by atoms with van der Waals surface area (Å²) in [6, 6.07) is 4.15. The lowest BCUT2D eigenvalue weighted by Crippen LogP contribution is -2.48. The summed E-state index contributed by atoms with van der Waals surface area (Å²) < 4.78 is 20.9. The lowest BCUT2D eigenvalue weighted by molar-refractivity contribution is -0.00154. The fourth-order valence-corrected chi connectivity index (χ4v) is 6.07. The molecule has 4 N–H and O–H groups in total. The first-order valence-electron chi connectivity index (χ1n) is 12.1. The molecule has 3 atom stereocenters. The summed E-state index contributed by atoms with van der Waals surface area (Å²) in [4.78, 5) is 34.4. The summed E-state index contributed by atoms with van der Waals surface area (Å²) in [5, 5.41) is 13.4. The third-order valence-corrected chi connectivity index (χ3v) is 8.36. The van der Waals surface area contributed by atoms with Gasteiger partial charge in [0.05, 0.1) is 16.0 Å². The summed E-state index contributed by atoms with van der Waals surface area (Å²) in [7, 11) is 1.60. The first-order chi connectivity index (χ1) is 17.4. The van der Waals surface area contributed by atoms with Gasteiger partial charge < -0.3 is 25.8 Å². The number of carbonyl (C=O) groups excluding carboxylic acids is 1. The van der Waals surface area contributed by atoms with Gasteiger partial charge in [0.25, 0.3) is 5.91 Å². The molecule has 1 aliphatic carbocycles. The van der Waals surface area contributed by atoms with Crippen LogP contribution in [0.25, 0.3) is 10.2 Å². The average Bonchev–Trinajstić information content (AvgIpc) is 3.17. The van der Waals surface area contributed by atoms with Crippen LogP contribution in [0.1, 0.15) is 55.3 Å². The lowest BCUT2D eigenvalue weighted by Gasteiger charge is -2.44. The van der Waals surface area contributed by atoms with Gasteiger partial charge in [0.2, 0.25) is 0 Å². The third-order valence-electron chi connectivity index (χ3n) is 7.15. The van der Waals surface area contributed by atoms with E-state index in [0.717, 1.165) is 0 Å². The first kappa shape index (κ1) is 26.6. The fraction of sp³-hybridized carbons (Fsp3) is 0.462. The number of aromatic nitrogens is 2. The summed E-state index contributed by atoms with van der Waals surface area (Å²) in [6.45, 7) is 8.11. The molecular formula is C26H32FN5O4S. The van der Waals surface area contributed by atoms with Crippen LogP contribution in [0.4, 0.5) is 20.7 Å². The van der Waals surface area contributed by atoms with Gasteiger partial charge in [0, 0.05) is 25.1 Å². The highest BCUT2D eigenvalue weighted by molar-refractivity contribution is 7.20. The molecule has 0 bridgehead atoms. The van der Waals surface area contributed by atoms with Crippen molar-refractivity contribution in [2.75, 3.05) is 12.4 Å². The Morgan fingerprint density at radius 1 is 1.27 bits per heavy atom. The molecule has 3 aromatic rings. The van der Waals surface area contributed by atoms with Crippen LogP contribution in [0.2, 0.25) is 0 Å². The van der Waals surface area contributed by atoms with E-state index in [1.165, 1.54) is 34.7 Å². The van der Waals surface area contributed by atoms with Gasteiger partial charge in [0.1, 0.15) is 34.6 Å². The Hall–Kier alpha value is -3.47. The summed E-state index contributed by atoms with van der Waals surface area (Å²) in [5.74, 6) is -0.148. The van der Waals surface area contributed by atoms with Crippen LogP contribution in [0.5, 0.6) is 5.75 Å². The monoisotopic (exact) mass is 529 g/mol. The highest BCUT2D eigenvalue weighted by Gasteiger charge is 2.41. The van der Waals surface area contributed by atoms with E-state index in [1.54, 1.807) is 20.0 Å². The van der Waals surface area contributed by atoms with E-state index in [4.69, 9.17) is 10.5 Å². The molecular weight excluding hydrogens is 497 g/mol. The summed E-state index contributed by atoms with van der Waals surface area (Å²) in [6.07, 6.45) is 2.12. The number of carboxylic acid groups (broad SMARTS) is 1. The second kappa shape index (κ2) is 10.1. The average molecular weight is 530 g/mol. The van der Waals surface area contributed by atoms with E-state index in [2.05, 4.69) is 36.1 Å². The topological polar surface area (TPSA) is 131 Å². The maximum absolute atomic E-state index is 14.4. The number of thiophene rings is 1. The number of halogens is 1. The van der Waals surface area contributed by atoms with Crippen molar-refractivity contribution >= 4 is 45.1 Å².